The van der Waals surface area contributed by atoms with E-state index in [1.165, 1.54) is 10.6 Å². The highest BCUT2D eigenvalue weighted by Crippen LogP contribution is 2.19. The van der Waals surface area contributed by atoms with Gasteiger partial charge in [-0.15, -0.1) is 0 Å². The molecule has 0 heterocycles. The second kappa shape index (κ2) is 8.17. The standard InChI is InChI=1S/C16H26N2O3S/c1-13(2)12-17-16(19)9-6-10-18(22(4,20)21)15-8-5-7-14(3)11-15/h5,7-8,11,13H,6,9-10,12H2,1-4H3,(H,17,19). The molecule has 0 unspecified atom stereocenters. The van der Waals surface area contributed by atoms with Crippen molar-refractivity contribution in [3.05, 3.63) is 29.8 Å². The smallest absolute Gasteiger partial charge is 0.232 e. The highest BCUT2D eigenvalue weighted by Gasteiger charge is 2.17. The first-order valence-corrected chi connectivity index (χ1v) is 9.36. The molecular formula is C16H26N2O3S. The van der Waals surface area contributed by atoms with E-state index in [1.54, 1.807) is 6.07 Å². The number of benzene rings is 1. The van der Waals surface area contributed by atoms with Crippen LogP contribution in [0.3, 0.4) is 0 Å². The number of anilines is 1. The lowest BCUT2D eigenvalue weighted by Gasteiger charge is -2.22. The number of rotatable bonds is 8. The summed E-state index contributed by atoms with van der Waals surface area (Å²) in [6.07, 6.45) is 2.00. The zero-order chi connectivity index (χ0) is 16.8. The van der Waals surface area contributed by atoms with Crippen molar-refractivity contribution in [2.24, 2.45) is 5.92 Å². The van der Waals surface area contributed by atoms with Crippen LogP contribution < -0.4 is 9.62 Å². The number of nitrogens with zero attached hydrogens (tertiary/aromatic N) is 1. The Kier molecular flexibility index (Phi) is 6.87. The van der Waals surface area contributed by atoms with Crippen LogP contribution in [0.5, 0.6) is 0 Å². The lowest BCUT2D eigenvalue weighted by molar-refractivity contribution is -0.121. The Hall–Kier alpha value is -1.56. The van der Waals surface area contributed by atoms with Crippen molar-refractivity contribution in [1.29, 1.82) is 0 Å². The van der Waals surface area contributed by atoms with E-state index < -0.39 is 10.0 Å². The highest BCUT2D eigenvalue weighted by molar-refractivity contribution is 7.92. The monoisotopic (exact) mass is 326 g/mol. The van der Waals surface area contributed by atoms with Crippen molar-refractivity contribution in [3.63, 3.8) is 0 Å². The minimum atomic E-state index is -3.36. The molecule has 1 N–H and O–H groups in total. The molecule has 0 atom stereocenters. The van der Waals surface area contributed by atoms with Crippen LogP contribution in [-0.4, -0.2) is 33.7 Å². The Balaban J connectivity index is 2.63. The fourth-order valence-electron chi connectivity index (χ4n) is 2.06. The number of amides is 1. The van der Waals surface area contributed by atoms with Crippen LogP contribution in [0.2, 0.25) is 0 Å². The fourth-order valence-corrected chi connectivity index (χ4v) is 3.02. The molecule has 22 heavy (non-hydrogen) atoms. The SMILES string of the molecule is Cc1cccc(N(CCCC(=O)NCC(C)C)S(C)(=O)=O)c1. The van der Waals surface area contributed by atoms with Gasteiger partial charge in [-0.1, -0.05) is 26.0 Å². The quantitative estimate of drug-likeness (QED) is 0.797. The average Bonchev–Trinajstić information content (AvgIpc) is 2.39. The molecular weight excluding hydrogens is 300 g/mol. The van der Waals surface area contributed by atoms with Gasteiger partial charge in [-0.2, -0.15) is 0 Å². The summed E-state index contributed by atoms with van der Waals surface area (Å²) in [5.74, 6) is 0.371. The molecule has 0 saturated heterocycles. The Labute approximate surface area is 133 Å². The van der Waals surface area contributed by atoms with Gasteiger partial charge in [-0.05, 0) is 37.0 Å². The lowest BCUT2D eigenvalue weighted by atomic mass is 10.2. The van der Waals surface area contributed by atoms with Crippen LogP contribution in [0.4, 0.5) is 5.69 Å². The van der Waals surface area contributed by atoms with Crippen molar-refractivity contribution in [3.8, 4) is 0 Å². The third kappa shape index (κ3) is 6.47. The first-order chi connectivity index (χ1) is 10.2. The Morgan fingerprint density at radius 1 is 1.32 bits per heavy atom. The van der Waals surface area contributed by atoms with Crippen LogP contribution >= 0.6 is 0 Å². The van der Waals surface area contributed by atoms with Crippen LogP contribution in [0.25, 0.3) is 0 Å². The van der Waals surface area contributed by atoms with Crippen molar-refractivity contribution in [1.82, 2.24) is 5.32 Å². The van der Waals surface area contributed by atoms with Crippen LogP contribution in [-0.2, 0) is 14.8 Å². The molecule has 6 heteroatoms. The molecule has 0 fully saturated rings. The van der Waals surface area contributed by atoms with E-state index in [1.807, 2.05) is 39.0 Å². The van der Waals surface area contributed by atoms with Crippen molar-refractivity contribution < 1.29 is 13.2 Å². The Morgan fingerprint density at radius 2 is 2.00 bits per heavy atom. The molecule has 0 aliphatic carbocycles. The minimum absolute atomic E-state index is 0.0357. The number of carbonyl (C=O) groups excluding carboxylic acids is 1. The summed E-state index contributed by atoms with van der Waals surface area (Å²) in [7, 11) is -3.36. The summed E-state index contributed by atoms with van der Waals surface area (Å²) < 4.78 is 25.3. The summed E-state index contributed by atoms with van der Waals surface area (Å²) in [6.45, 7) is 6.93. The highest BCUT2D eigenvalue weighted by atomic mass is 32.2. The first-order valence-electron chi connectivity index (χ1n) is 7.51. The predicted octanol–water partition coefficient (Wildman–Crippen LogP) is 2.31. The van der Waals surface area contributed by atoms with Gasteiger partial charge in [0.2, 0.25) is 15.9 Å². The summed E-state index contributed by atoms with van der Waals surface area (Å²) in [4.78, 5) is 11.7. The average molecular weight is 326 g/mol. The van der Waals surface area contributed by atoms with E-state index in [0.717, 1.165) is 5.56 Å². The van der Waals surface area contributed by atoms with E-state index in [2.05, 4.69) is 5.32 Å². The molecule has 1 aromatic carbocycles. The Bertz CT molecular complexity index is 597. The first kappa shape index (κ1) is 18.5. The van der Waals surface area contributed by atoms with Gasteiger partial charge >= 0.3 is 0 Å². The largest absolute Gasteiger partial charge is 0.356 e. The number of hydrogen-bond acceptors (Lipinski definition) is 3. The van der Waals surface area contributed by atoms with Crippen LogP contribution in [0, 0.1) is 12.8 Å². The second-order valence-electron chi connectivity index (χ2n) is 5.98. The molecule has 0 radical (unpaired) electrons. The van der Waals surface area contributed by atoms with Crippen LogP contribution in [0.1, 0.15) is 32.3 Å². The molecule has 1 amide bonds. The zero-order valence-electron chi connectivity index (χ0n) is 13.8. The van der Waals surface area contributed by atoms with Gasteiger partial charge in [0, 0.05) is 19.5 Å². The molecule has 0 aliphatic rings. The molecule has 1 rings (SSSR count). The van der Waals surface area contributed by atoms with Crippen molar-refractivity contribution in [2.45, 2.75) is 33.6 Å². The molecule has 0 bridgehead atoms. The fraction of sp³-hybridized carbons (Fsp3) is 0.562. The van der Waals surface area contributed by atoms with Gasteiger partial charge in [0.15, 0.2) is 0 Å². The topological polar surface area (TPSA) is 66.5 Å². The van der Waals surface area contributed by atoms with E-state index in [9.17, 15) is 13.2 Å². The molecule has 0 saturated carbocycles. The summed E-state index contributed by atoms with van der Waals surface area (Å²) in [5, 5.41) is 2.84. The normalized spacial score (nSPS) is 11.5. The summed E-state index contributed by atoms with van der Waals surface area (Å²) >= 11 is 0. The van der Waals surface area contributed by atoms with E-state index in [-0.39, 0.29) is 5.91 Å². The maximum atomic E-state index is 12.0. The molecule has 1 aromatic rings. The summed E-state index contributed by atoms with van der Waals surface area (Å²) in [5.41, 5.74) is 1.64. The number of nitrogens with one attached hydrogen (secondary N) is 1. The number of sulfonamides is 1. The number of carbonyl (C=O) groups is 1. The third-order valence-corrected chi connectivity index (χ3v) is 4.36. The minimum Gasteiger partial charge on any atom is -0.356 e. The maximum Gasteiger partial charge on any atom is 0.232 e. The Morgan fingerprint density at radius 3 is 2.55 bits per heavy atom. The number of aryl methyl sites for hydroxylation is 1. The molecule has 0 aliphatic heterocycles. The maximum absolute atomic E-state index is 12.0. The summed E-state index contributed by atoms with van der Waals surface area (Å²) in [6, 6.07) is 7.36. The van der Waals surface area contributed by atoms with Crippen molar-refractivity contribution in [2.75, 3.05) is 23.7 Å². The van der Waals surface area contributed by atoms with E-state index in [0.29, 0.717) is 37.5 Å². The van der Waals surface area contributed by atoms with Crippen molar-refractivity contribution >= 4 is 21.6 Å². The molecule has 0 aromatic heterocycles. The third-order valence-electron chi connectivity index (χ3n) is 3.16. The van der Waals surface area contributed by atoms with E-state index in [4.69, 9.17) is 0 Å². The van der Waals surface area contributed by atoms with Gasteiger partial charge in [-0.25, -0.2) is 8.42 Å². The predicted molar refractivity (Wildman–Crippen MR) is 90.5 cm³/mol. The van der Waals surface area contributed by atoms with Crippen LogP contribution in [0.15, 0.2) is 24.3 Å². The molecule has 5 nitrogen and oxygen atoms in total. The zero-order valence-corrected chi connectivity index (χ0v) is 14.6. The van der Waals surface area contributed by atoms with Gasteiger partial charge in [0.05, 0.1) is 11.9 Å². The van der Waals surface area contributed by atoms with Gasteiger partial charge in [0.25, 0.3) is 0 Å². The van der Waals surface area contributed by atoms with Gasteiger partial charge in [-0.3, -0.25) is 9.10 Å². The second-order valence-corrected chi connectivity index (χ2v) is 7.88. The van der Waals surface area contributed by atoms with E-state index >= 15 is 0 Å². The molecule has 124 valence electrons. The number of hydrogen-bond donors (Lipinski definition) is 1. The van der Waals surface area contributed by atoms with Gasteiger partial charge < -0.3 is 5.32 Å². The molecule has 0 spiro atoms. The lowest BCUT2D eigenvalue weighted by Crippen LogP contribution is -2.32. The van der Waals surface area contributed by atoms with Gasteiger partial charge in [0.1, 0.15) is 0 Å².